The van der Waals surface area contributed by atoms with Crippen LogP contribution in [0.15, 0.2) is 0 Å². The summed E-state index contributed by atoms with van der Waals surface area (Å²) in [5.41, 5.74) is -0.772. The second-order valence-electron chi connectivity index (χ2n) is 12.5. The highest BCUT2D eigenvalue weighted by atomic mass is 28.5. The standard InChI is InChI=1S/C24H54O6Si3/c1-13-16-31(19-25-22(4,5)6)28-32(17-14-2,20-26-23(7,8)9)30-33(29-31,18-15-3)21-27-24(10,11)12/h13-21H2,1-12H3. The zero-order valence-electron chi connectivity index (χ0n) is 23.8. The number of ether oxygens (including phenoxy) is 3. The minimum Gasteiger partial charge on any atom is -0.413 e. The molecule has 0 unspecified atom stereocenters. The highest BCUT2D eigenvalue weighted by molar-refractivity contribution is 6.94. The SMILES string of the molecule is CCC[Si]1(COC(C)(C)C)O[Si](CCC)(COC(C)(C)C)O[Si](CCC)(COC(C)(C)C)O1. The molecule has 0 amide bonds. The predicted molar refractivity (Wildman–Crippen MR) is 143 cm³/mol. The van der Waals surface area contributed by atoms with E-state index in [1.807, 2.05) is 0 Å². The first-order chi connectivity index (χ1) is 14.9. The van der Waals surface area contributed by atoms with Gasteiger partial charge in [-0.2, -0.15) is 0 Å². The second kappa shape index (κ2) is 12.1. The molecule has 1 aliphatic rings. The lowest BCUT2D eigenvalue weighted by Crippen LogP contribution is -2.75. The van der Waals surface area contributed by atoms with Crippen molar-refractivity contribution in [1.82, 2.24) is 0 Å². The molecular formula is C24H54O6Si3. The molecule has 1 aliphatic heterocycles. The molecule has 1 saturated heterocycles. The maximum Gasteiger partial charge on any atom is 0.347 e. The van der Waals surface area contributed by atoms with Crippen molar-refractivity contribution >= 4 is 25.7 Å². The lowest BCUT2D eigenvalue weighted by molar-refractivity contribution is -0.0154. The summed E-state index contributed by atoms with van der Waals surface area (Å²) in [6.45, 7) is 25.5. The smallest absolute Gasteiger partial charge is 0.347 e. The largest absolute Gasteiger partial charge is 0.413 e. The zero-order valence-corrected chi connectivity index (χ0v) is 26.8. The minimum atomic E-state index is -2.71. The molecule has 0 aromatic rings. The molecule has 1 fully saturated rings. The van der Waals surface area contributed by atoms with Crippen molar-refractivity contribution in [2.75, 3.05) is 18.7 Å². The Morgan fingerprint density at radius 1 is 0.455 bits per heavy atom. The van der Waals surface area contributed by atoms with Gasteiger partial charge >= 0.3 is 25.7 Å². The number of hydrogen-bond acceptors (Lipinski definition) is 6. The Labute approximate surface area is 208 Å². The molecular weight excluding hydrogens is 469 g/mol. The summed E-state index contributed by atoms with van der Waals surface area (Å²) in [6, 6.07) is 2.69. The van der Waals surface area contributed by atoms with Gasteiger partial charge in [0, 0.05) is 0 Å². The van der Waals surface area contributed by atoms with E-state index in [0.29, 0.717) is 18.7 Å². The summed E-state index contributed by atoms with van der Waals surface area (Å²) in [5.74, 6) is 0. The van der Waals surface area contributed by atoms with Gasteiger partial charge in [0.1, 0.15) is 0 Å². The second-order valence-corrected chi connectivity index (χ2v) is 22.8. The Morgan fingerprint density at radius 3 is 0.818 bits per heavy atom. The van der Waals surface area contributed by atoms with E-state index >= 15 is 0 Å². The Bertz CT molecular complexity index is 493. The van der Waals surface area contributed by atoms with Crippen LogP contribution in [0.3, 0.4) is 0 Å². The summed E-state index contributed by atoms with van der Waals surface area (Å²) >= 11 is 0. The molecule has 0 aromatic heterocycles. The van der Waals surface area contributed by atoms with Crippen LogP contribution in [0.1, 0.15) is 102 Å². The van der Waals surface area contributed by atoms with Gasteiger partial charge in [-0.05, 0) is 80.4 Å². The maximum absolute atomic E-state index is 7.13. The molecule has 0 aliphatic carbocycles. The number of hydrogen-bond donors (Lipinski definition) is 0. The van der Waals surface area contributed by atoms with Crippen LogP contribution in [0.25, 0.3) is 0 Å². The third-order valence-corrected chi connectivity index (χ3v) is 19.7. The van der Waals surface area contributed by atoms with Crippen LogP contribution in [-0.4, -0.2) is 61.2 Å². The Kier molecular flexibility index (Phi) is 11.5. The van der Waals surface area contributed by atoms with Crippen LogP contribution in [0.4, 0.5) is 0 Å². The van der Waals surface area contributed by atoms with Gasteiger partial charge in [0.2, 0.25) is 0 Å². The molecule has 0 atom stereocenters. The van der Waals surface area contributed by atoms with Crippen molar-refractivity contribution in [2.45, 2.75) is 137 Å². The molecule has 0 bridgehead atoms. The van der Waals surface area contributed by atoms with Crippen LogP contribution >= 0.6 is 0 Å². The summed E-state index contributed by atoms with van der Waals surface area (Å²) in [7, 11) is -8.14. The van der Waals surface area contributed by atoms with Gasteiger partial charge in [-0.3, -0.25) is 0 Å². The lowest BCUT2D eigenvalue weighted by atomic mass is 10.2. The molecule has 6 nitrogen and oxygen atoms in total. The zero-order chi connectivity index (χ0) is 25.6. The van der Waals surface area contributed by atoms with Crippen LogP contribution < -0.4 is 0 Å². The van der Waals surface area contributed by atoms with Crippen LogP contribution in [0.5, 0.6) is 0 Å². The molecule has 0 spiro atoms. The Morgan fingerprint density at radius 2 is 0.667 bits per heavy atom. The van der Waals surface area contributed by atoms with E-state index in [2.05, 4.69) is 83.1 Å². The molecule has 9 heteroatoms. The van der Waals surface area contributed by atoms with E-state index in [4.69, 9.17) is 26.6 Å². The molecule has 0 N–H and O–H groups in total. The van der Waals surface area contributed by atoms with Gasteiger partial charge in [-0.15, -0.1) is 0 Å². The summed E-state index contributed by atoms with van der Waals surface area (Å²) in [4.78, 5) is 0. The average molecular weight is 523 g/mol. The van der Waals surface area contributed by atoms with Gasteiger partial charge in [0.05, 0.1) is 35.5 Å². The third-order valence-electron chi connectivity index (χ3n) is 5.18. The molecule has 1 rings (SSSR count). The van der Waals surface area contributed by atoms with E-state index in [0.717, 1.165) is 37.4 Å². The fourth-order valence-electron chi connectivity index (χ4n) is 3.90. The van der Waals surface area contributed by atoms with Crippen LogP contribution in [-0.2, 0) is 26.6 Å². The topological polar surface area (TPSA) is 55.4 Å². The van der Waals surface area contributed by atoms with E-state index in [9.17, 15) is 0 Å². The monoisotopic (exact) mass is 522 g/mol. The van der Waals surface area contributed by atoms with Gasteiger partial charge in [-0.25, -0.2) is 0 Å². The van der Waals surface area contributed by atoms with E-state index in [1.54, 1.807) is 0 Å². The van der Waals surface area contributed by atoms with Gasteiger partial charge in [0.25, 0.3) is 0 Å². The predicted octanol–water partition coefficient (Wildman–Crippen LogP) is 6.67. The van der Waals surface area contributed by atoms with Gasteiger partial charge in [-0.1, -0.05) is 40.0 Å². The average Bonchev–Trinajstić information content (AvgIpc) is 2.63. The summed E-state index contributed by atoms with van der Waals surface area (Å²) in [6.07, 6.45) is 4.55. The lowest BCUT2D eigenvalue weighted by Gasteiger charge is -2.54. The first kappa shape index (κ1) is 31.4. The van der Waals surface area contributed by atoms with Crippen molar-refractivity contribution in [2.24, 2.45) is 0 Å². The Balaban J connectivity index is 3.52. The first-order valence-electron chi connectivity index (χ1n) is 12.9. The molecule has 198 valence electrons. The molecule has 0 aromatic carbocycles. The van der Waals surface area contributed by atoms with E-state index in [-0.39, 0.29) is 16.8 Å². The Hall–Kier alpha value is 0.411. The van der Waals surface area contributed by atoms with Gasteiger partial charge in [0.15, 0.2) is 0 Å². The number of rotatable bonds is 12. The summed E-state index contributed by atoms with van der Waals surface area (Å²) in [5, 5.41) is 0. The molecule has 0 radical (unpaired) electrons. The molecule has 33 heavy (non-hydrogen) atoms. The van der Waals surface area contributed by atoms with Gasteiger partial charge < -0.3 is 26.6 Å². The molecule has 1 heterocycles. The van der Waals surface area contributed by atoms with Crippen LogP contribution in [0, 0.1) is 0 Å². The van der Waals surface area contributed by atoms with Crippen molar-refractivity contribution in [3.8, 4) is 0 Å². The van der Waals surface area contributed by atoms with Crippen molar-refractivity contribution in [3.05, 3.63) is 0 Å². The minimum absolute atomic E-state index is 0.257. The normalized spacial score (nSPS) is 29.5. The fourth-order valence-corrected chi connectivity index (χ4v) is 22.2. The fraction of sp³-hybridized carbons (Fsp3) is 1.00. The summed E-state index contributed by atoms with van der Waals surface area (Å²) < 4.78 is 40.5. The molecule has 0 saturated carbocycles. The third kappa shape index (κ3) is 11.3. The first-order valence-corrected chi connectivity index (χ1v) is 19.6. The van der Waals surface area contributed by atoms with Crippen LogP contribution in [0.2, 0.25) is 18.1 Å². The quantitative estimate of drug-likeness (QED) is 0.267. The highest BCUT2D eigenvalue weighted by Gasteiger charge is 2.62. The maximum atomic E-state index is 7.13. The van der Waals surface area contributed by atoms with E-state index < -0.39 is 25.7 Å². The van der Waals surface area contributed by atoms with Crippen molar-refractivity contribution in [1.29, 1.82) is 0 Å². The van der Waals surface area contributed by atoms with Crippen molar-refractivity contribution in [3.63, 3.8) is 0 Å². The van der Waals surface area contributed by atoms with E-state index in [1.165, 1.54) is 0 Å². The van der Waals surface area contributed by atoms with Crippen molar-refractivity contribution < 1.29 is 26.6 Å². The highest BCUT2D eigenvalue weighted by Crippen LogP contribution is 2.40.